The van der Waals surface area contributed by atoms with Crippen LogP contribution in [0.5, 0.6) is 34.5 Å². The first-order valence-corrected chi connectivity index (χ1v) is 29.5. The third-order valence-electron chi connectivity index (χ3n) is 13.9. The van der Waals surface area contributed by atoms with E-state index in [0.29, 0.717) is 35.8 Å². The van der Waals surface area contributed by atoms with E-state index < -0.39 is 46.0 Å². The molecule has 0 N–H and O–H groups in total. The minimum Gasteiger partial charge on any atom is -0.494 e. The zero-order valence-corrected chi connectivity index (χ0v) is 47.0. The Morgan fingerprint density at radius 1 is 0.329 bits per heavy atom. The number of benzene rings is 5. The van der Waals surface area contributed by atoms with Crippen molar-refractivity contribution < 1.29 is 52.5 Å². The zero-order valence-electron chi connectivity index (χ0n) is 47.0. The van der Waals surface area contributed by atoms with E-state index in [4.69, 9.17) is 28.4 Å². The summed E-state index contributed by atoms with van der Waals surface area (Å²) in [5.41, 5.74) is -0.112. The lowest BCUT2D eigenvalue weighted by atomic mass is 10.0. The summed E-state index contributed by atoms with van der Waals surface area (Å²) in [5, 5.41) is 12.3. The third-order valence-corrected chi connectivity index (χ3v) is 13.9. The molecule has 5 aromatic rings. The molecule has 0 aliphatic rings. The number of nitro benzene ring substituents is 1. The van der Waals surface area contributed by atoms with Gasteiger partial charge in [-0.15, -0.1) is 0 Å². The number of esters is 4. The summed E-state index contributed by atoms with van der Waals surface area (Å²) in [6.45, 7) is 5.72. The van der Waals surface area contributed by atoms with Gasteiger partial charge in [-0.2, -0.15) is 0 Å². The van der Waals surface area contributed by atoms with Gasteiger partial charge in [0, 0.05) is 0 Å². The van der Waals surface area contributed by atoms with E-state index in [-0.39, 0.29) is 22.6 Å². The highest BCUT2D eigenvalue weighted by Crippen LogP contribution is 2.38. The minimum atomic E-state index is -0.945. The Kier molecular flexibility index (Phi) is 30.0. The van der Waals surface area contributed by atoms with E-state index in [1.54, 1.807) is 48.5 Å². The number of nitro groups is 1. The van der Waals surface area contributed by atoms with Crippen LogP contribution in [-0.4, -0.2) is 42.0 Å². The van der Waals surface area contributed by atoms with Gasteiger partial charge in [0.05, 0.1) is 40.4 Å². The number of ether oxygens (including phenoxy) is 6. The van der Waals surface area contributed by atoms with E-state index in [2.05, 4.69) is 13.8 Å². The SMILES string of the molecule is CCCCCCCCCCCCCCCCOc1ccc(C(=O)Oc2ccc(C(=O)Oc3cccc(OC(=O)c4ccc(OC(=O)c5ccc(OCCCCCCCCCCCCCCCC)cc5)cc4)c3[N+](=O)[O-])cc2)cc1. The summed E-state index contributed by atoms with van der Waals surface area (Å²) in [5.74, 6) is -2.39. The Labute approximate surface area is 469 Å². The van der Waals surface area contributed by atoms with Crippen LogP contribution in [0, 0.1) is 10.1 Å². The molecule has 0 amide bonds. The van der Waals surface area contributed by atoms with Crippen LogP contribution >= 0.6 is 0 Å². The van der Waals surface area contributed by atoms with Crippen LogP contribution in [0.4, 0.5) is 5.69 Å². The molecule has 5 rings (SSSR count). The maximum atomic E-state index is 13.2. The van der Waals surface area contributed by atoms with E-state index in [1.807, 2.05) is 0 Å². The lowest BCUT2D eigenvalue weighted by Crippen LogP contribution is -2.13. The maximum Gasteiger partial charge on any atom is 0.353 e. The first-order chi connectivity index (χ1) is 38.6. The van der Waals surface area contributed by atoms with Gasteiger partial charge < -0.3 is 28.4 Å². The lowest BCUT2D eigenvalue weighted by Gasteiger charge is -2.10. The monoisotopic (exact) mass is 1080 g/mol. The Hall–Kier alpha value is -7.02. The van der Waals surface area contributed by atoms with Crippen molar-refractivity contribution in [2.24, 2.45) is 0 Å². The van der Waals surface area contributed by atoms with E-state index >= 15 is 0 Å². The molecule has 0 aliphatic carbocycles. The fourth-order valence-corrected chi connectivity index (χ4v) is 9.16. The summed E-state index contributed by atoms with van der Waals surface area (Å²) in [4.78, 5) is 63.6. The Morgan fingerprint density at radius 2 is 0.570 bits per heavy atom. The summed E-state index contributed by atoms with van der Waals surface area (Å²) < 4.78 is 33.6. The van der Waals surface area contributed by atoms with Gasteiger partial charge in [0.2, 0.25) is 11.5 Å². The van der Waals surface area contributed by atoms with Crippen molar-refractivity contribution in [3.8, 4) is 34.5 Å². The van der Waals surface area contributed by atoms with Gasteiger partial charge in [0.1, 0.15) is 23.0 Å². The number of carbonyl (C=O) groups is 4. The number of hydrogen-bond donors (Lipinski definition) is 0. The van der Waals surface area contributed by atoms with Crippen LogP contribution in [0.3, 0.4) is 0 Å². The van der Waals surface area contributed by atoms with Crippen molar-refractivity contribution in [1.29, 1.82) is 0 Å². The molecule has 79 heavy (non-hydrogen) atoms. The van der Waals surface area contributed by atoms with Crippen molar-refractivity contribution in [3.63, 3.8) is 0 Å². The first-order valence-electron chi connectivity index (χ1n) is 29.5. The molecule has 0 spiro atoms. The number of hydrogen-bond acceptors (Lipinski definition) is 12. The third kappa shape index (κ3) is 24.7. The maximum absolute atomic E-state index is 13.2. The molecule has 0 heterocycles. The van der Waals surface area contributed by atoms with E-state index in [1.165, 1.54) is 221 Å². The first kappa shape index (κ1) is 62.8. The van der Waals surface area contributed by atoms with Crippen LogP contribution in [-0.2, 0) is 0 Å². The highest BCUT2D eigenvalue weighted by Gasteiger charge is 2.27. The molecular formula is C66H85NO12. The topological polar surface area (TPSA) is 167 Å². The summed E-state index contributed by atoms with van der Waals surface area (Å²) in [6.07, 6.45) is 36.1. The minimum absolute atomic E-state index is 0.00852. The average molecular weight is 1080 g/mol. The molecule has 0 radical (unpaired) electrons. The number of nitrogens with zero attached hydrogens (tertiary/aromatic N) is 1. The van der Waals surface area contributed by atoms with Crippen molar-refractivity contribution in [2.45, 2.75) is 194 Å². The molecule has 13 heteroatoms. The molecule has 0 atom stereocenters. The number of rotatable bonds is 41. The Morgan fingerprint density at radius 3 is 0.835 bits per heavy atom. The average Bonchev–Trinajstić information content (AvgIpc) is 3.46. The van der Waals surface area contributed by atoms with Crippen molar-refractivity contribution in [3.05, 3.63) is 148 Å². The standard InChI is InChI=1S/C66H85NO12/c1-3-5-7-9-11-13-15-17-19-21-23-25-27-29-50-74-56-42-34-52(35-43-56)63(68)76-58-46-38-54(39-47-58)65(70)78-60-32-31-33-61(62(60)67(72)73)79-66(71)55-40-48-59(49-41-55)77-64(69)53-36-44-57(45-37-53)75-51-30-28-26-24-22-20-18-16-14-12-10-8-6-4-2/h31-49H,3-30,50-51H2,1-2H3. The van der Waals surface area contributed by atoms with Crippen molar-refractivity contribution >= 4 is 29.6 Å². The molecule has 0 saturated heterocycles. The fraction of sp³-hybridized carbons (Fsp3) is 0.485. The molecule has 5 aromatic carbocycles. The van der Waals surface area contributed by atoms with Gasteiger partial charge in [-0.1, -0.05) is 187 Å². The van der Waals surface area contributed by atoms with Gasteiger partial charge >= 0.3 is 29.6 Å². The predicted molar refractivity (Wildman–Crippen MR) is 310 cm³/mol. The van der Waals surface area contributed by atoms with Crippen LogP contribution in [0.15, 0.2) is 115 Å². The highest BCUT2D eigenvalue weighted by atomic mass is 16.6. The van der Waals surface area contributed by atoms with Crippen LogP contribution < -0.4 is 28.4 Å². The van der Waals surface area contributed by atoms with Crippen molar-refractivity contribution in [2.75, 3.05) is 13.2 Å². The molecular weight excluding hydrogens is 999 g/mol. The van der Waals surface area contributed by atoms with Crippen LogP contribution in [0.1, 0.15) is 235 Å². The van der Waals surface area contributed by atoms with Gasteiger partial charge in [0.25, 0.3) is 0 Å². The second-order valence-corrected chi connectivity index (χ2v) is 20.4. The summed E-state index contributed by atoms with van der Waals surface area (Å²) in [6, 6.07) is 28.1. The normalized spacial score (nSPS) is 11.0. The number of para-hydroxylation sites is 1. The van der Waals surface area contributed by atoms with Gasteiger partial charge in [0.15, 0.2) is 0 Å². The smallest absolute Gasteiger partial charge is 0.353 e. The Balaban J connectivity index is 0.974. The second-order valence-electron chi connectivity index (χ2n) is 20.4. The molecule has 0 aliphatic heterocycles. The van der Waals surface area contributed by atoms with Gasteiger partial charge in [-0.25, -0.2) is 19.2 Å². The molecule has 0 saturated carbocycles. The molecule has 13 nitrogen and oxygen atoms in total. The molecule has 0 bridgehead atoms. The number of carbonyl (C=O) groups excluding carboxylic acids is 4. The molecule has 426 valence electrons. The van der Waals surface area contributed by atoms with Crippen LogP contribution in [0.2, 0.25) is 0 Å². The van der Waals surface area contributed by atoms with Crippen LogP contribution in [0.25, 0.3) is 0 Å². The van der Waals surface area contributed by atoms with Crippen molar-refractivity contribution in [1.82, 2.24) is 0 Å². The molecule has 0 unspecified atom stereocenters. The van der Waals surface area contributed by atoms with Gasteiger partial charge in [-0.3, -0.25) is 10.1 Å². The Bertz CT molecular complexity index is 2370. The fourth-order valence-electron chi connectivity index (χ4n) is 9.16. The van der Waals surface area contributed by atoms with E-state index in [0.717, 1.165) is 25.7 Å². The molecule has 0 fully saturated rings. The van der Waals surface area contributed by atoms with E-state index in [9.17, 15) is 29.3 Å². The number of unbranched alkanes of at least 4 members (excludes halogenated alkanes) is 26. The predicted octanol–water partition coefficient (Wildman–Crippen LogP) is 18.2. The summed E-state index contributed by atoms with van der Waals surface area (Å²) >= 11 is 0. The quantitative estimate of drug-likeness (QED) is 0.0120. The van der Waals surface area contributed by atoms with Gasteiger partial charge in [-0.05, 0) is 122 Å². The second kappa shape index (κ2) is 37.7. The summed E-state index contributed by atoms with van der Waals surface area (Å²) in [7, 11) is 0. The zero-order chi connectivity index (χ0) is 56.1. The largest absolute Gasteiger partial charge is 0.494 e. The molecule has 0 aromatic heterocycles. The highest BCUT2D eigenvalue weighted by molar-refractivity contribution is 5.95. The lowest BCUT2D eigenvalue weighted by molar-refractivity contribution is -0.386.